The molecule has 0 unspecified atom stereocenters. The summed E-state index contributed by atoms with van der Waals surface area (Å²) in [5.74, 6) is 0. The maximum Gasteiger partial charge on any atom is 0.156 e. The van der Waals surface area contributed by atoms with Crippen molar-refractivity contribution >= 4 is 22.1 Å². The molecule has 1 N–H and O–H groups in total. The highest BCUT2D eigenvalue weighted by atomic mass is 15.0. The summed E-state index contributed by atoms with van der Waals surface area (Å²) < 4.78 is 2.23. The number of fused-ring (bicyclic) bond motifs is 2. The first kappa shape index (κ1) is 13.9. The van der Waals surface area contributed by atoms with Gasteiger partial charge in [0.2, 0.25) is 0 Å². The van der Waals surface area contributed by atoms with Gasteiger partial charge in [-0.2, -0.15) is 0 Å². The van der Waals surface area contributed by atoms with Gasteiger partial charge in [0.15, 0.2) is 5.65 Å². The number of aromatic nitrogens is 5. The average Bonchev–Trinajstić information content (AvgIpc) is 3.28. The Labute approximate surface area is 144 Å². The molecule has 0 bridgehead atoms. The molecule has 0 aliphatic carbocycles. The SMILES string of the molecule is c1cncc(Cn2ccc3ccc(-c4cnc5[nH]ccc5n4)cc32)c1. The minimum absolute atomic E-state index is 0.795. The Hall–Kier alpha value is -3.47. The van der Waals surface area contributed by atoms with Crippen LogP contribution in [0.4, 0.5) is 0 Å². The van der Waals surface area contributed by atoms with Crippen LogP contribution in [0.1, 0.15) is 5.56 Å². The quantitative estimate of drug-likeness (QED) is 0.545. The van der Waals surface area contributed by atoms with E-state index in [1.807, 2.05) is 30.7 Å². The molecule has 0 radical (unpaired) electrons. The second-order valence-electron chi connectivity index (χ2n) is 6.05. The Morgan fingerprint density at radius 1 is 1.04 bits per heavy atom. The molecular weight excluding hydrogens is 310 g/mol. The molecule has 0 amide bonds. The fourth-order valence-electron chi connectivity index (χ4n) is 3.14. The van der Waals surface area contributed by atoms with Gasteiger partial charge in [0.25, 0.3) is 0 Å². The average molecular weight is 325 g/mol. The van der Waals surface area contributed by atoms with Crippen molar-refractivity contribution in [3.8, 4) is 11.3 Å². The first-order chi connectivity index (χ1) is 12.4. The zero-order valence-electron chi connectivity index (χ0n) is 13.4. The molecule has 0 atom stereocenters. The predicted octanol–water partition coefficient (Wildman–Crippen LogP) is 4.02. The summed E-state index contributed by atoms with van der Waals surface area (Å²) in [5, 5.41) is 1.21. The van der Waals surface area contributed by atoms with Crippen LogP contribution in [0, 0.1) is 0 Å². The molecule has 120 valence electrons. The molecule has 5 heteroatoms. The van der Waals surface area contributed by atoms with Gasteiger partial charge in [-0.3, -0.25) is 4.98 Å². The number of benzene rings is 1. The van der Waals surface area contributed by atoms with Crippen LogP contribution in [0.15, 0.2) is 73.4 Å². The first-order valence-electron chi connectivity index (χ1n) is 8.15. The molecule has 25 heavy (non-hydrogen) atoms. The fraction of sp³-hybridized carbons (Fsp3) is 0.0500. The van der Waals surface area contributed by atoms with E-state index in [9.17, 15) is 0 Å². The van der Waals surface area contributed by atoms with E-state index in [1.165, 1.54) is 16.5 Å². The van der Waals surface area contributed by atoms with Crippen LogP contribution in [-0.4, -0.2) is 24.5 Å². The van der Waals surface area contributed by atoms with Gasteiger partial charge in [0.1, 0.15) is 5.52 Å². The summed E-state index contributed by atoms with van der Waals surface area (Å²) in [6.45, 7) is 0.795. The Kier molecular flexibility index (Phi) is 3.10. The van der Waals surface area contributed by atoms with E-state index < -0.39 is 0 Å². The van der Waals surface area contributed by atoms with Crippen LogP contribution >= 0.6 is 0 Å². The van der Waals surface area contributed by atoms with Gasteiger partial charge in [-0.25, -0.2) is 9.97 Å². The normalized spacial score (nSPS) is 11.4. The van der Waals surface area contributed by atoms with Crippen LogP contribution in [-0.2, 0) is 6.54 Å². The van der Waals surface area contributed by atoms with Gasteiger partial charge in [-0.15, -0.1) is 0 Å². The first-order valence-corrected chi connectivity index (χ1v) is 8.15. The Morgan fingerprint density at radius 3 is 2.96 bits per heavy atom. The highest BCUT2D eigenvalue weighted by Gasteiger charge is 2.07. The lowest BCUT2D eigenvalue weighted by molar-refractivity contribution is 0.832. The monoisotopic (exact) mass is 325 g/mol. The van der Waals surface area contributed by atoms with Crippen molar-refractivity contribution in [1.29, 1.82) is 0 Å². The number of nitrogens with one attached hydrogen (secondary N) is 1. The van der Waals surface area contributed by atoms with E-state index in [2.05, 4.69) is 56.0 Å². The summed E-state index contributed by atoms with van der Waals surface area (Å²) in [6, 6.07) is 14.5. The lowest BCUT2D eigenvalue weighted by Gasteiger charge is -2.07. The third-order valence-electron chi connectivity index (χ3n) is 4.41. The molecule has 4 heterocycles. The maximum absolute atomic E-state index is 4.70. The van der Waals surface area contributed by atoms with Crippen molar-refractivity contribution in [2.24, 2.45) is 0 Å². The van der Waals surface area contributed by atoms with Gasteiger partial charge in [-0.05, 0) is 35.2 Å². The van der Waals surface area contributed by atoms with E-state index >= 15 is 0 Å². The number of rotatable bonds is 3. The molecular formula is C20H15N5. The van der Waals surface area contributed by atoms with E-state index in [0.717, 1.165) is 29.0 Å². The summed E-state index contributed by atoms with van der Waals surface area (Å²) >= 11 is 0. The lowest BCUT2D eigenvalue weighted by Crippen LogP contribution is -1.98. The van der Waals surface area contributed by atoms with Gasteiger partial charge < -0.3 is 9.55 Å². The molecule has 0 saturated heterocycles. The van der Waals surface area contributed by atoms with E-state index in [4.69, 9.17) is 4.98 Å². The maximum atomic E-state index is 4.70. The van der Waals surface area contributed by atoms with Crippen LogP contribution in [0.2, 0.25) is 0 Å². The number of aromatic amines is 1. The Bertz CT molecular complexity index is 1170. The predicted molar refractivity (Wildman–Crippen MR) is 98.2 cm³/mol. The van der Waals surface area contributed by atoms with Gasteiger partial charge in [-0.1, -0.05) is 18.2 Å². The molecule has 0 aliphatic rings. The highest BCUT2D eigenvalue weighted by Crippen LogP contribution is 2.25. The molecule has 4 aromatic heterocycles. The third-order valence-corrected chi connectivity index (χ3v) is 4.41. The molecule has 0 saturated carbocycles. The van der Waals surface area contributed by atoms with Crippen LogP contribution in [0.25, 0.3) is 33.3 Å². The van der Waals surface area contributed by atoms with Gasteiger partial charge >= 0.3 is 0 Å². The largest absolute Gasteiger partial charge is 0.345 e. The lowest BCUT2D eigenvalue weighted by atomic mass is 10.1. The third kappa shape index (κ3) is 2.46. The second-order valence-corrected chi connectivity index (χ2v) is 6.05. The van der Waals surface area contributed by atoms with Gasteiger partial charge in [0, 0.05) is 42.4 Å². The van der Waals surface area contributed by atoms with E-state index in [1.54, 1.807) is 6.20 Å². The molecule has 5 aromatic rings. The van der Waals surface area contributed by atoms with Crippen molar-refractivity contribution in [1.82, 2.24) is 24.5 Å². The summed E-state index contributed by atoms with van der Waals surface area (Å²) in [6.07, 6.45) is 9.49. The molecule has 5 rings (SSSR count). The number of H-pyrrole nitrogens is 1. The van der Waals surface area contributed by atoms with E-state index in [-0.39, 0.29) is 0 Å². The highest BCUT2D eigenvalue weighted by molar-refractivity contribution is 5.85. The zero-order chi connectivity index (χ0) is 16.6. The number of pyridine rings is 1. The van der Waals surface area contributed by atoms with Crippen LogP contribution in [0.3, 0.4) is 0 Å². The number of nitrogens with zero attached hydrogens (tertiary/aromatic N) is 4. The summed E-state index contributed by atoms with van der Waals surface area (Å²) in [4.78, 5) is 16.4. The van der Waals surface area contributed by atoms with Crippen molar-refractivity contribution in [3.63, 3.8) is 0 Å². The molecule has 0 spiro atoms. The van der Waals surface area contributed by atoms with Crippen molar-refractivity contribution in [3.05, 3.63) is 79.0 Å². The molecule has 1 aromatic carbocycles. The van der Waals surface area contributed by atoms with Crippen molar-refractivity contribution in [2.75, 3.05) is 0 Å². The van der Waals surface area contributed by atoms with Gasteiger partial charge in [0.05, 0.1) is 11.9 Å². The van der Waals surface area contributed by atoms with Crippen LogP contribution in [0.5, 0.6) is 0 Å². The zero-order valence-corrected chi connectivity index (χ0v) is 13.4. The summed E-state index contributed by atoms with van der Waals surface area (Å²) in [5.41, 5.74) is 5.99. The molecule has 5 nitrogen and oxygen atoms in total. The fourth-order valence-corrected chi connectivity index (χ4v) is 3.14. The minimum atomic E-state index is 0.795. The molecule has 0 fully saturated rings. The van der Waals surface area contributed by atoms with Crippen molar-refractivity contribution in [2.45, 2.75) is 6.54 Å². The minimum Gasteiger partial charge on any atom is -0.345 e. The smallest absolute Gasteiger partial charge is 0.156 e. The summed E-state index contributed by atoms with van der Waals surface area (Å²) in [7, 11) is 0. The topological polar surface area (TPSA) is 59.4 Å². The molecule has 0 aliphatic heterocycles. The number of hydrogen-bond acceptors (Lipinski definition) is 3. The Morgan fingerprint density at radius 2 is 2.04 bits per heavy atom. The van der Waals surface area contributed by atoms with E-state index in [0.29, 0.717) is 0 Å². The Balaban J connectivity index is 1.59. The second kappa shape index (κ2) is 5.56. The van der Waals surface area contributed by atoms with Crippen LogP contribution < -0.4 is 0 Å². The number of hydrogen-bond donors (Lipinski definition) is 1. The standard InChI is InChI=1S/C20H15N5/c1-2-14(11-21-7-1)13-25-9-6-15-3-4-16(10-19(15)25)18-12-23-20-17(24-18)5-8-22-20/h1-12H,13H2,(H,22,23). The van der Waals surface area contributed by atoms with Crippen molar-refractivity contribution < 1.29 is 0 Å².